The molecule has 0 aliphatic carbocycles. The van der Waals surface area contributed by atoms with Gasteiger partial charge in [-0.15, -0.1) is 0 Å². The summed E-state index contributed by atoms with van der Waals surface area (Å²) >= 11 is 0. The maximum Gasteiger partial charge on any atom is 0.234 e. The molecule has 2 aromatic carbocycles. The van der Waals surface area contributed by atoms with Crippen LogP contribution in [0.25, 0.3) is 0 Å². The molecule has 0 fully saturated rings. The highest BCUT2D eigenvalue weighted by atomic mass is 16.2. The predicted octanol–water partition coefficient (Wildman–Crippen LogP) is 3.99. The lowest BCUT2D eigenvalue weighted by molar-refractivity contribution is -0.120. The highest BCUT2D eigenvalue weighted by molar-refractivity contribution is 5.99. The molecule has 120 valence electrons. The third-order valence-electron chi connectivity index (χ3n) is 4.78. The van der Waals surface area contributed by atoms with E-state index in [-0.39, 0.29) is 5.91 Å². The van der Waals surface area contributed by atoms with Crippen LogP contribution in [0.2, 0.25) is 0 Å². The Morgan fingerprint density at radius 3 is 2.61 bits per heavy atom. The van der Waals surface area contributed by atoms with Crippen LogP contribution >= 0.6 is 0 Å². The number of hydrogen-bond acceptors (Lipinski definition) is 2. The molecule has 23 heavy (non-hydrogen) atoms. The van der Waals surface area contributed by atoms with Gasteiger partial charge in [-0.25, -0.2) is 0 Å². The third kappa shape index (κ3) is 2.96. The quantitative estimate of drug-likeness (QED) is 0.926. The predicted molar refractivity (Wildman–Crippen MR) is 96.1 cm³/mol. The first-order valence-electron chi connectivity index (χ1n) is 8.27. The molecule has 0 aromatic heterocycles. The Kier molecular flexibility index (Phi) is 4.12. The number of likely N-dealkylation sites (N-methyl/N-ethyl adjacent to an activating group) is 1. The zero-order valence-corrected chi connectivity index (χ0v) is 14.1. The molecule has 0 saturated carbocycles. The molecular weight excluding hydrogens is 284 g/mol. The summed E-state index contributed by atoms with van der Waals surface area (Å²) in [5, 5.41) is 3.09. The van der Waals surface area contributed by atoms with E-state index in [0.717, 1.165) is 30.8 Å². The second-order valence-electron chi connectivity index (χ2n) is 6.62. The number of benzene rings is 2. The van der Waals surface area contributed by atoms with Crippen molar-refractivity contribution < 1.29 is 4.79 Å². The number of carbonyl (C=O) groups is 1. The van der Waals surface area contributed by atoms with E-state index in [0.29, 0.717) is 0 Å². The van der Waals surface area contributed by atoms with Gasteiger partial charge >= 0.3 is 0 Å². The van der Waals surface area contributed by atoms with Gasteiger partial charge in [0.25, 0.3) is 0 Å². The minimum absolute atomic E-state index is 0.0182. The largest absolute Gasteiger partial charge is 0.371 e. The van der Waals surface area contributed by atoms with Crippen LogP contribution in [-0.2, 0) is 16.6 Å². The van der Waals surface area contributed by atoms with E-state index in [4.69, 9.17) is 0 Å². The van der Waals surface area contributed by atoms with E-state index in [1.165, 1.54) is 11.3 Å². The van der Waals surface area contributed by atoms with E-state index in [9.17, 15) is 4.79 Å². The van der Waals surface area contributed by atoms with Gasteiger partial charge in [-0.1, -0.05) is 36.4 Å². The average molecular weight is 308 g/mol. The number of hydrogen-bond donors (Lipinski definition) is 1. The standard InChI is InChI=1S/C20H24N2O/c1-4-22-13-12-15-10-11-17(14-18(15)22)21-19(23)20(2,3)16-8-6-5-7-9-16/h5-11,14H,4,12-13H2,1-3H3,(H,21,23). The summed E-state index contributed by atoms with van der Waals surface area (Å²) < 4.78 is 0. The van der Waals surface area contributed by atoms with Crippen molar-refractivity contribution in [3.63, 3.8) is 0 Å². The second kappa shape index (κ2) is 6.07. The first-order chi connectivity index (χ1) is 11.0. The summed E-state index contributed by atoms with van der Waals surface area (Å²) in [6, 6.07) is 16.2. The van der Waals surface area contributed by atoms with E-state index < -0.39 is 5.41 Å². The Hall–Kier alpha value is -2.29. The Morgan fingerprint density at radius 2 is 1.91 bits per heavy atom. The number of rotatable bonds is 4. The van der Waals surface area contributed by atoms with Gasteiger partial charge in [0.05, 0.1) is 5.41 Å². The molecule has 1 amide bonds. The summed E-state index contributed by atoms with van der Waals surface area (Å²) in [5.74, 6) is 0.0182. The SMILES string of the molecule is CCN1CCc2ccc(NC(=O)C(C)(C)c3ccccc3)cc21. The Labute approximate surface area is 138 Å². The van der Waals surface area contributed by atoms with Crippen LogP contribution < -0.4 is 10.2 Å². The molecule has 0 spiro atoms. The molecule has 0 saturated heterocycles. The van der Waals surface area contributed by atoms with Crippen molar-refractivity contribution in [1.29, 1.82) is 0 Å². The van der Waals surface area contributed by atoms with Gasteiger partial charge in [-0.3, -0.25) is 4.79 Å². The zero-order chi connectivity index (χ0) is 16.4. The molecule has 3 rings (SSSR count). The minimum Gasteiger partial charge on any atom is -0.371 e. The molecule has 1 N–H and O–H groups in total. The Balaban J connectivity index is 1.81. The van der Waals surface area contributed by atoms with Gasteiger partial charge in [0.15, 0.2) is 0 Å². The summed E-state index contributed by atoms with van der Waals surface area (Å²) in [5.41, 5.74) is 3.95. The summed E-state index contributed by atoms with van der Waals surface area (Å²) in [4.78, 5) is 15.1. The van der Waals surface area contributed by atoms with E-state index in [1.54, 1.807) is 0 Å². The highest BCUT2D eigenvalue weighted by Gasteiger charge is 2.30. The normalized spacial score (nSPS) is 13.8. The molecule has 1 heterocycles. The van der Waals surface area contributed by atoms with Gasteiger partial charge in [0.2, 0.25) is 5.91 Å². The molecule has 0 unspecified atom stereocenters. The van der Waals surface area contributed by atoms with Crippen molar-refractivity contribution in [2.45, 2.75) is 32.6 Å². The van der Waals surface area contributed by atoms with Gasteiger partial charge in [0.1, 0.15) is 0 Å². The first-order valence-corrected chi connectivity index (χ1v) is 8.27. The summed E-state index contributed by atoms with van der Waals surface area (Å²) in [6.07, 6.45) is 1.09. The molecule has 3 heteroatoms. The zero-order valence-electron chi connectivity index (χ0n) is 14.1. The van der Waals surface area contributed by atoms with E-state index in [1.807, 2.05) is 50.2 Å². The fourth-order valence-electron chi connectivity index (χ4n) is 3.12. The van der Waals surface area contributed by atoms with E-state index in [2.05, 4.69) is 29.3 Å². The maximum atomic E-state index is 12.8. The van der Waals surface area contributed by atoms with Crippen molar-refractivity contribution in [3.05, 3.63) is 59.7 Å². The van der Waals surface area contributed by atoms with Crippen molar-refractivity contribution in [1.82, 2.24) is 0 Å². The second-order valence-corrected chi connectivity index (χ2v) is 6.62. The molecule has 0 radical (unpaired) electrons. The smallest absolute Gasteiger partial charge is 0.234 e. The van der Waals surface area contributed by atoms with Crippen LogP contribution in [0.5, 0.6) is 0 Å². The Bertz CT molecular complexity index is 707. The van der Waals surface area contributed by atoms with Gasteiger partial charge in [-0.05, 0) is 50.5 Å². The first kappa shape index (κ1) is 15.6. The van der Waals surface area contributed by atoms with Crippen LogP contribution in [0.3, 0.4) is 0 Å². The number of fused-ring (bicyclic) bond motifs is 1. The monoisotopic (exact) mass is 308 g/mol. The van der Waals surface area contributed by atoms with Crippen molar-refractivity contribution in [3.8, 4) is 0 Å². The average Bonchev–Trinajstić information content (AvgIpc) is 2.98. The number of carbonyl (C=O) groups excluding carboxylic acids is 1. The molecule has 3 nitrogen and oxygen atoms in total. The third-order valence-corrected chi connectivity index (χ3v) is 4.78. The maximum absolute atomic E-state index is 12.8. The fourth-order valence-corrected chi connectivity index (χ4v) is 3.12. The van der Waals surface area contributed by atoms with Crippen LogP contribution in [0.4, 0.5) is 11.4 Å². The van der Waals surface area contributed by atoms with Crippen LogP contribution in [-0.4, -0.2) is 19.0 Å². The number of anilines is 2. The van der Waals surface area contributed by atoms with Crippen molar-refractivity contribution >= 4 is 17.3 Å². The molecule has 0 atom stereocenters. The highest BCUT2D eigenvalue weighted by Crippen LogP contribution is 2.31. The van der Waals surface area contributed by atoms with Gasteiger partial charge in [0, 0.05) is 24.5 Å². The number of nitrogens with one attached hydrogen (secondary N) is 1. The van der Waals surface area contributed by atoms with Crippen LogP contribution in [0, 0.1) is 0 Å². The summed E-state index contributed by atoms with van der Waals surface area (Å²) in [6.45, 7) is 8.16. The van der Waals surface area contributed by atoms with Gasteiger partial charge < -0.3 is 10.2 Å². The van der Waals surface area contributed by atoms with Crippen LogP contribution in [0.15, 0.2) is 48.5 Å². The van der Waals surface area contributed by atoms with Crippen LogP contribution in [0.1, 0.15) is 31.9 Å². The fraction of sp³-hybridized carbons (Fsp3) is 0.350. The van der Waals surface area contributed by atoms with E-state index >= 15 is 0 Å². The minimum atomic E-state index is -0.565. The molecule has 1 aliphatic rings. The molecule has 2 aromatic rings. The number of amides is 1. The van der Waals surface area contributed by atoms with Gasteiger partial charge in [-0.2, -0.15) is 0 Å². The Morgan fingerprint density at radius 1 is 1.17 bits per heavy atom. The van der Waals surface area contributed by atoms with Crippen molar-refractivity contribution in [2.24, 2.45) is 0 Å². The lowest BCUT2D eigenvalue weighted by atomic mass is 9.83. The van der Waals surface area contributed by atoms with Crippen molar-refractivity contribution in [2.75, 3.05) is 23.3 Å². The molecule has 0 bridgehead atoms. The number of nitrogens with zero attached hydrogens (tertiary/aromatic N) is 1. The lowest BCUT2D eigenvalue weighted by Gasteiger charge is -2.24. The summed E-state index contributed by atoms with van der Waals surface area (Å²) in [7, 11) is 0. The molecular formula is C20H24N2O. The molecule has 1 aliphatic heterocycles. The lowest BCUT2D eigenvalue weighted by Crippen LogP contribution is -2.34. The topological polar surface area (TPSA) is 32.3 Å².